The van der Waals surface area contributed by atoms with E-state index in [0.29, 0.717) is 29.5 Å². The molecule has 0 aromatic heterocycles. The van der Waals surface area contributed by atoms with Crippen LogP contribution in [0.15, 0.2) is 42.5 Å². The average Bonchev–Trinajstić information content (AvgIpc) is 2.70. The maximum absolute atomic E-state index is 12.3. The van der Waals surface area contributed by atoms with Gasteiger partial charge in [0, 0.05) is 13.6 Å². The first-order valence-corrected chi connectivity index (χ1v) is 10.7. The molecule has 0 saturated heterocycles. The van der Waals surface area contributed by atoms with Crippen LogP contribution in [0, 0.1) is 0 Å². The summed E-state index contributed by atoms with van der Waals surface area (Å²) in [6.45, 7) is 1.95. The van der Waals surface area contributed by atoms with Gasteiger partial charge in [-0.05, 0) is 48.9 Å². The van der Waals surface area contributed by atoms with E-state index in [9.17, 15) is 13.2 Å². The van der Waals surface area contributed by atoms with E-state index in [4.69, 9.17) is 14.2 Å². The van der Waals surface area contributed by atoms with Gasteiger partial charge in [0.25, 0.3) is 5.91 Å². The first-order valence-electron chi connectivity index (χ1n) is 8.85. The fraction of sp³-hybridized carbons (Fsp3) is 0.350. The number of methoxy groups -OCH3 is 2. The van der Waals surface area contributed by atoms with E-state index in [1.807, 2.05) is 6.07 Å². The predicted octanol–water partition coefficient (Wildman–Crippen LogP) is 2.18. The Balaban J connectivity index is 1.94. The zero-order valence-corrected chi connectivity index (χ0v) is 17.9. The molecule has 0 heterocycles. The van der Waals surface area contributed by atoms with Crippen molar-refractivity contribution in [3.63, 3.8) is 0 Å². The van der Waals surface area contributed by atoms with Gasteiger partial charge in [0.2, 0.25) is 10.0 Å². The van der Waals surface area contributed by atoms with Crippen LogP contribution < -0.4 is 23.8 Å². The zero-order valence-electron chi connectivity index (χ0n) is 17.1. The number of anilines is 1. The van der Waals surface area contributed by atoms with E-state index in [0.717, 1.165) is 16.1 Å². The highest BCUT2D eigenvalue weighted by molar-refractivity contribution is 7.92. The summed E-state index contributed by atoms with van der Waals surface area (Å²) < 4.78 is 40.4. The Bertz CT molecular complexity index is 944. The van der Waals surface area contributed by atoms with Crippen LogP contribution in [0.5, 0.6) is 17.2 Å². The molecule has 0 fully saturated rings. The van der Waals surface area contributed by atoms with Crippen molar-refractivity contribution < 1.29 is 27.4 Å². The molecule has 1 amide bonds. The van der Waals surface area contributed by atoms with Gasteiger partial charge >= 0.3 is 0 Å². The van der Waals surface area contributed by atoms with Gasteiger partial charge in [0.15, 0.2) is 17.6 Å². The van der Waals surface area contributed by atoms with Gasteiger partial charge in [-0.15, -0.1) is 0 Å². The van der Waals surface area contributed by atoms with E-state index < -0.39 is 16.1 Å². The van der Waals surface area contributed by atoms with Crippen molar-refractivity contribution in [2.75, 3.05) is 31.8 Å². The lowest BCUT2D eigenvalue weighted by Crippen LogP contribution is -2.35. The summed E-state index contributed by atoms with van der Waals surface area (Å²) in [7, 11) is 1.24. The minimum atomic E-state index is -3.34. The molecule has 0 radical (unpaired) electrons. The van der Waals surface area contributed by atoms with Crippen LogP contribution in [0.25, 0.3) is 0 Å². The lowest BCUT2D eigenvalue weighted by molar-refractivity contribution is -0.127. The van der Waals surface area contributed by atoms with E-state index in [2.05, 4.69) is 5.32 Å². The molecule has 2 aromatic rings. The summed E-state index contributed by atoms with van der Waals surface area (Å²) in [5.41, 5.74) is 1.36. The number of nitrogens with zero attached hydrogens (tertiary/aromatic N) is 1. The van der Waals surface area contributed by atoms with Crippen molar-refractivity contribution >= 4 is 21.6 Å². The van der Waals surface area contributed by atoms with Crippen LogP contribution in [-0.4, -0.2) is 48.0 Å². The number of ether oxygens (including phenoxy) is 3. The van der Waals surface area contributed by atoms with E-state index in [-0.39, 0.29) is 5.91 Å². The van der Waals surface area contributed by atoms with Crippen LogP contribution in [0.4, 0.5) is 5.69 Å². The van der Waals surface area contributed by atoms with Crippen LogP contribution in [0.2, 0.25) is 0 Å². The maximum atomic E-state index is 12.3. The van der Waals surface area contributed by atoms with E-state index >= 15 is 0 Å². The third-order valence-corrected chi connectivity index (χ3v) is 5.50. The highest BCUT2D eigenvalue weighted by atomic mass is 32.2. The fourth-order valence-corrected chi connectivity index (χ4v) is 3.01. The van der Waals surface area contributed by atoms with Gasteiger partial charge < -0.3 is 19.5 Å². The van der Waals surface area contributed by atoms with Gasteiger partial charge in [0.1, 0.15) is 5.75 Å². The first kappa shape index (κ1) is 22.4. The molecule has 2 rings (SSSR count). The molecule has 0 saturated carbocycles. The highest BCUT2D eigenvalue weighted by Gasteiger charge is 2.16. The second kappa shape index (κ2) is 9.51. The molecule has 0 spiro atoms. The van der Waals surface area contributed by atoms with Crippen LogP contribution in [0.3, 0.4) is 0 Å². The number of nitrogens with one attached hydrogen (secondary N) is 1. The number of amides is 1. The Morgan fingerprint density at radius 3 is 2.24 bits per heavy atom. The standard InChI is InChI=1S/C20H26N2O6S/c1-14(28-17-9-7-16(8-10-17)22(2)29(5,24)25)20(23)21-13-15-6-11-18(26-3)19(12-15)27-4/h6-12,14H,13H2,1-5H3,(H,21,23)/t14-/m0/s1. The van der Waals surface area contributed by atoms with Gasteiger partial charge in [-0.1, -0.05) is 6.07 Å². The summed E-state index contributed by atoms with van der Waals surface area (Å²) in [6.07, 6.45) is 0.399. The minimum absolute atomic E-state index is 0.280. The van der Waals surface area contributed by atoms with Crippen molar-refractivity contribution in [1.29, 1.82) is 0 Å². The molecule has 158 valence electrons. The average molecular weight is 423 g/mol. The fourth-order valence-electron chi connectivity index (χ4n) is 2.51. The first-order chi connectivity index (χ1) is 13.7. The van der Waals surface area contributed by atoms with Gasteiger partial charge in [-0.2, -0.15) is 0 Å². The molecule has 9 heteroatoms. The second-order valence-corrected chi connectivity index (χ2v) is 8.41. The van der Waals surface area contributed by atoms with Crippen molar-refractivity contribution in [1.82, 2.24) is 5.32 Å². The summed E-state index contributed by atoms with van der Waals surface area (Å²) >= 11 is 0. The van der Waals surface area contributed by atoms with Crippen molar-refractivity contribution in [2.45, 2.75) is 19.6 Å². The third-order valence-electron chi connectivity index (χ3n) is 4.29. The normalized spacial score (nSPS) is 12.0. The van der Waals surface area contributed by atoms with E-state index in [1.54, 1.807) is 57.5 Å². The number of carbonyl (C=O) groups is 1. The number of rotatable bonds is 9. The maximum Gasteiger partial charge on any atom is 0.261 e. The molecule has 1 N–H and O–H groups in total. The molecule has 0 unspecified atom stereocenters. The van der Waals surface area contributed by atoms with Crippen LogP contribution in [0.1, 0.15) is 12.5 Å². The zero-order chi connectivity index (χ0) is 21.6. The molecule has 29 heavy (non-hydrogen) atoms. The Kier molecular flexibility index (Phi) is 7.33. The van der Waals surface area contributed by atoms with Crippen molar-refractivity contribution in [3.05, 3.63) is 48.0 Å². The summed E-state index contributed by atoms with van der Waals surface area (Å²) in [6, 6.07) is 11.9. The lowest BCUT2D eigenvalue weighted by atomic mass is 10.2. The topological polar surface area (TPSA) is 94.2 Å². The smallest absolute Gasteiger partial charge is 0.261 e. The Labute approximate surface area is 171 Å². The molecule has 2 aromatic carbocycles. The lowest BCUT2D eigenvalue weighted by Gasteiger charge is -2.18. The molecular weight excluding hydrogens is 396 g/mol. The van der Waals surface area contributed by atoms with Crippen molar-refractivity contribution in [2.24, 2.45) is 0 Å². The largest absolute Gasteiger partial charge is 0.493 e. The third kappa shape index (κ3) is 6.02. The summed E-state index contributed by atoms with van der Waals surface area (Å²) in [5, 5.41) is 2.81. The Hall–Kier alpha value is -2.94. The molecule has 1 atom stereocenters. The molecule has 0 bridgehead atoms. The van der Waals surface area contributed by atoms with Crippen LogP contribution >= 0.6 is 0 Å². The van der Waals surface area contributed by atoms with Gasteiger partial charge in [-0.3, -0.25) is 9.10 Å². The Morgan fingerprint density at radius 2 is 1.69 bits per heavy atom. The monoisotopic (exact) mass is 422 g/mol. The number of hydrogen-bond acceptors (Lipinski definition) is 6. The van der Waals surface area contributed by atoms with Crippen molar-refractivity contribution in [3.8, 4) is 17.2 Å². The predicted molar refractivity (Wildman–Crippen MR) is 111 cm³/mol. The van der Waals surface area contributed by atoms with E-state index in [1.165, 1.54) is 7.05 Å². The Morgan fingerprint density at radius 1 is 1.07 bits per heavy atom. The number of hydrogen-bond donors (Lipinski definition) is 1. The number of benzene rings is 2. The second-order valence-electron chi connectivity index (χ2n) is 6.39. The number of sulfonamides is 1. The quantitative estimate of drug-likeness (QED) is 0.666. The molecule has 0 aliphatic carbocycles. The SMILES string of the molecule is COc1ccc(CNC(=O)[C@H](C)Oc2ccc(N(C)S(C)(=O)=O)cc2)cc1OC. The van der Waals surface area contributed by atoms with Crippen LogP contribution in [-0.2, 0) is 21.4 Å². The van der Waals surface area contributed by atoms with Gasteiger partial charge in [0.05, 0.1) is 26.2 Å². The molecule has 8 nitrogen and oxygen atoms in total. The summed E-state index contributed by atoms with van der Waals surface area (Å²) in [5.74, 6) is 1.38. The van der Waals surface area contributed by atoms with Gasteiger partial charge in [-0.25, -0.2) is 8.42 Å². The summed E-state index contributed by atoms with van der Waals surface area (Å²) in [4.78, 5) is 12.3. The molecule has 0 aliphatic heterocycles. The molecular formula is C20H26N2O6S. The minimum Gasteiger partial charge on any atom is -0.493 e. The molecule has 0 aliphatic rings. The highest BCUT2D eigenvalue weighted by Crippen LogP contribution is 2.27. The number of carbonyl (C=O) groups excluding carboxylic acids is 1.